The Bertz CT molecular complexity index is 1630. The molecule has 10 nitrogen and oxygen atoms in total. The van der Waals surface area contributed by atoms with Crippen molar-refractivity contribution in [3.8, 4) is 28.7 Å². The van der Waals surface area contributed by atoms with E-state index in [9.17, 15) is 9.90 Å². The van der Waals surface area contributed by atoms with Crippen molar-refractivity contribution in [1.82, 2.24) is 19.7 Å². The molecule has 1 N–H and O–H groups in total. The molecule has 0 spiro atoms. The standard InChI is InChI=1S/C33H36N4O6/c1-21-6-4-7-27(29-8-5-9-30(35-29)37-32(40-3)28(16-34-37)33(38)39)31(21)43-19-24-11-10-23-17-36(13-12-26(23)22(24)2)18-25-20-41-14-15-42-25/h4-11,16,25H,12-15,17-20H2,1-3H3,(H,38,39)/t25-/m1/s1. The van der Waals surface area contributed by atoms with E-state index in [1.807, 2.05) is 37.3 Å². The fraction of sp³-hybridized carbons (Fsp3) is 0.364. The Morgan fingerprint density at radius 1 is 1.12 bits per heavy atom. The first kappa shape index (κ1) is 28.9. The van der Waals surface area contributed by atoms with Crippen LogP contribution < -0.4 is 9.47 Å². The number of hydrogen-bond donors (Lipinski definition) is 1. The zero-order chi connectivity index (χ0) is 29.9. The van der Waals surface area contributed by atoms with Crippen LogP contribution in [0.3, 0.4) is 0 Å². The molecule has 43 heavy (non-hydrogen) atoms. The molecule has 0 radical (unpaired) electrons. The van der Waals surface area contributed by atoms with Crippen LogP contribution in [0.25, 0.3) is 17.1 Å². The van der Waals surface area contributed by atoms with Crippen molar-refractivity contribution >= 4 is 5.97 Å². The maximum absolute atomic E-state index is 11.6. The van der Waals surface area contributed by atoms with Gasteiger partial charge in [-0.3, -0.25) is 4.90 Å². The molecule has 4 heterocycles. The molecule has 1 fully saturated rings. The number of carboxylic acids is 1. The largest absolute Gasteiger partial charge is 0.488 e. The Morgan fingerprint density at radius 2 is 1.98 bits per heavy atom. The van der Waals surface area contributed by atoms with Gasteiger partial charge in [0, 0.05) is 25.2 Å². The molecule has 0 unspecified atom stereocenters. The van der Waals surface area contributed by atoms with Crippen LogP contribution in [0.2, 0.25) is 0 Å². The number of hydrogen-bond acceptors (Lipinski definition) is 8. The number of fused-ring (bicyclic) bond motifs is 1. The minimum absolute atomic E-state index is 0.0322. The van der Waals surface area contributed by atoms with Gasteiger partial charge < -0.3 is 24.1 Å². The summed E-state index contributed by atoms with van der Waals surface area (Å²) in [5.74, 6) is 0.188. The van der Waals surface area contributed by atoms with Gasteiger partial charge in [0.2, 0.25) is 5.88 Å². The van der Waals surface area contributed by atoms with Gasteiger partial charge in [-0.1, -0.05) is 30.3 Å². The Hall–Kier alpha value is -4.25. The van der Waals surface area contributed by atoms with Crippen molar-refractivity contribution in [2.24, 2.45) is 0 Å². The van der Waals surface area contributed by atoms with E-state index in [4.69, 9.17) is 23.9 Å². The molecule has 10 heteroatoms. The lowest BCUT2D eigenvalue weighted by Gasteiger charge is -2.34. The summed E-state index contributed by atoms with van der Waals surface area (Å²) >= 11 is 0. The van der Waals surface area contributed by atoms with E-state index in [2.05, 4.69) is 29.1 Å². The van der Waals surface area contributed by atoms with Gasteiger partial charge in [0.05, 0.1) is 44.9 Å². The van der Waals surface area contributed by atoms with Crippen LogP contribution in [0, 0.1) is 13.8 Å². The average Bonchev–Trinajstić information content (AvgIpc) is 3.47. The van der Waals surface area contributed by atoms with Crippen LogP contribution in [0.5, 0.6) is 11.6 Å². The molecular weight excluding hydrogens is 548 g/mol. The minimum atomic E-state index is -1.12. The molecule has 224 valence electrons. The van der Waals surface area contributed by atoms with Crippen molar-refractivity contribution in [2.75, 3.05) is 40.0 Å². The number of aromatic carboxylic acids is 1. The number of aryl methyl sites for hydroxylation is 1. The van der Waals surface area contributed by atoms with Crippen molar-refractivity contribution in [3.05, 3.63) is 88.1 Å². The molecule has 2 aromatic heterocycles. The maximum atomic E-state index is 11.6. The van der Waals surface area contributed by atoms with E-state index in [0.717, 1.165) is 48.5 Å². The Morgan fingerprint density at radius 3 is 2.77 bits per heavy atom. The Balaban J connectivity index is 1.21. The summed E-state index contributed by atoms with van der Waals surface area (Å²) in [7, 11) is 1.41. The number of nitrogens with zero attached hydrogens (tertiary/aromatic N) is 4. The normalized spacial score (nSPS) is 17.0. The summed E-state index contributed by atoms with van der Waals surface area (Å²) < 4.78 is 24.7. The van der Waals surface area contributed by atoms with Gasteiger partial charge in [-0.05, 0) is 66.3 Å². The second-order valence-corrected chi connectivity index (χ2v) is 10.9. The van der Waals surface area contributed by atoms with Crippen molar-refractivity contribution in [2.45, 2.75) is 39.5 Å². The lowest BCUT2D eigenvalue weighted by Crippen LogP contribution is -2.42. The van der Waals surface area contributed by atoms with E-state index < -0.39 is 5.97 Å². The molecule has 0 aliphatic carbocycles. The molecule has 4 aromatic rings. The highest BCUT2D eigenvalue weighted by Gasteiger charge is 2.24. The summed E-state index contributed by atoms with van der Waals surface area (Å²) in [6.45, 7) is 9.48. The van der Waals surface area contributed by atoms with Gasteiger partial charge in [-0.2, -0.15) is 9.78 Å². The smallest absolute Gasteiger partial charge is 0.342 e. The summed E-state index contributed by atoms with van der Waals surface area (Å²) in [5.41, 5.74) is 7.70. The lowest BCUT2D eigenvalue weighted by molar-refractivity contribution is -0.0985. The summed E-state index contributed by atoms with van der Waals surface area (Å²) in [4.78, 5) is 18.9. The Labute approximate surface area is 250 Å². The molecule has 0 amide bonds. The van der Waals surface area contributed by atoms with E-state index >= 15 is 0 Å². The van der Waals surface area contributed by atoms with Gasteiger partial charge in [-0.25, -0.2) is 9.78 Å². The molecule has 0 bridgehead atoms. The first-order chi connectivity index (χ1) is 20.9. The number of aromatic nitrogens is 3. The highest BCUT2D eigenvalue weighted by Crippen LogP contribution is 2.34. The molecule has 1 saturated heterocycles. The zero-order valence-corrected chi connectivity index (χ0v) is 24.7. The predicted molar refractivity (Wildman–Crippen MR) is 160 cm³/mol. The second kappa shape index (κ2) is 12.5. The number of methoxy groups -OCH3 is 1. The number of carbonyl (C=O) groups is 1. The van der Waals surface area contributed by atoms with E-state index in [-0.39, 0.29) is 17.5 Å². The van der Waals surface area contributed by atoms with Crippen LogP contribution >= 0.6 is 0 Å². The zero-order valence-electron chi connectivity index (χ0n) is 24.7. The highest BCUT2D eigenvalue weighted by molar-refractivity contribution is 5.90. The molecule has 0 saturated carbocycles. The van der Waals surface area contributed by atoms with E-state index in [0.29, 0.717) is 37.9 Å². The fourth-order valence-electron chi connectivity index (χ4n) is 5.92. The van der Waals surface area contributed by atoms with Crippen molar-refractivity contribution in [3.63, 3.8) is 0 Å². The SMILES string of the molecule is COc1c(C(=O)O)cnn1-c1cccc(-c2cccc(C)c2OCc2ccc3c(c2C)CCN(C[C@@H]2COCCO2)C3)n1. The quantitative estimate of drug-likeness (QED) is 0.302. The number of carboxylic acid groups (broad SMARTS) is 1. The van der Waals surface area contributed by atoms with Gasteiger partial charge in [0.25, 0.3) is 0 Å². The van der Waals surface area contributed by atoms with Gasteiger partial charge in [-0.15, -0.1) is 0 Å². The number of rotatable bonds is 9. The number of para-hydroxylation sites is 1. The van der Waals surface area contributed by atoms with Crippen LogP contribution in [-0.4, -0.2) is 76.9 Å². The average molecular weight is 585 g/mol. The molecule has 2 aromatic carbocycles. The molecule has 6 rings (SSSR count). The topological polar surface area (TPSA) is 108 Å². The lowest BCUT2D eigenvalue weighted by atomic mass is 9.91. The van der Waals surface area contributed by atoms with Crippen LogP contribution in [-0.2, 0) is 29.0 Å². The fourth-order valence-corrected chi connectivity index (χ4v) is 5.92. The molecular formula is C33H36N4O6. The summed E-state index contributed by atoms with van der Waals surface area (Å²) in [5, 5.41) is 13.7. The van der Waals surface area contributed by atoms with Crippen molar-refractivity contribution in [1.29, 1.82) is 0 Å². The third kappa shape index (κ3) is 5.99. The van der Waals surface area contributed by atoms with Crippen LogP contribution in [0.15, 0.2) is 54.7 Å². The van der Waals surface area contributed by atoms with Crippen molar-refractivity contribution < 1.29 is 28.8 Å². The maximum Gasteiger partial charge on any atom is 0.342 e. The van der Waals surface area contributed by atoms with Crippen LogP contribution in [0.1, 0.15) is 38.2 Å². The first-order valence-corrected chi connectivity index (χ1v) is 14.5. The van der Waals surface area contributed by atoms with Gasteiger partial charge in [0.1, 0.15) is 17.9 Å². The minimum Gasteiger partial charge on any atom is -0.488 e. The molecule has 2 aliphatic heterocycles. The predicted octanol–water partition coefficient (Wildman–Crippen LogP) is 4.61. The van der Waals surface area contributed by atoms with Gasteiger partial charge >= 0.3 is 5.97 Å². The third-order valence-corrected chi connectivity index (χ3v) is 8.19. The molecule has 2 aliphatic rings. The van der Waals surface area contributed by atoms with E-state index in [1.54, 1.807) is 6.07 Å². The van der Waals surface area contributed by atoms with Gasteiger partial charge in [0.15, 0.2) is 5.82 Å². The first-order valence-electron chi connectivity index (χ1n) is 14.5. The third-order valence-electron chi connectivity index (χ3n) is 8.19. The highest BCUT2D eigenvalue weighted by atomic mass is 16.6. The summed E-state index contributed by atoms with van der Waals surface area (Å²) in [6, 6.07) is 15.9. The van der Waals surface area contributed by atoms with E-state index in [1.165, 1.54) is 34.7 Å². The summed E-state index contributed by atoms with van der Waals surface area (Å²) in [6.07, 6.45) is 2.40. The Kier molecular flexibility index (Phi) is 8.42. The monoisotopic (exact) mass is 584 g/mol. The molecule has 1 atom stereocenters. The number of pyridine rings is 1. The number of benzene rings is 2. The number of ether oxygens (including phenoxy) is 4. The van der Waals surface area contributed by atoms with Crippen LogP contribution in [0.4, 0.5) is 0 Å². The second-order valence-electron chi connectivity index (χ2n) is 10.9.